The molecule has 3 rings (SSSR count). The van der Waals surface area contributed by atoms with Crippen molar-refractivity contribution in [3.8, 4) is 22.8 Å². The molecule has 1 aromatic heterocycles. The Hall–Kier alpha value is -2.07. The van der Waals surface area contributed by atoms with Crippen LogP contribution in [0.2, 0.25) is 0 Å². The van der Waals surface area contributed by atoms with Gasteiger partial charge in [-0.2, -0.15) is 0 Å². The quantitative estimate of drug-likeness (QED) is 0.821. The van der Waals surface area contributed by atoms with Gasteiger partial charge in [-0.3, -0.25) is 4.90 Å². The molecule has 4 nitrogen and oxygen atoms in total. The van der Waals surface area contributed by atoms with E-state index < -0.39 is 0 Å². The Balaban J connectivity index is 1.66. The molecule has 4 heteroatoms. The number of hydrogen-bond acceptors (Lipinski definition) is 4. The monoisotopic (exact) mass is 297 g/mol. The van der Waals surface area contributed by atoms with Crippen LogP contribution in [0.25, 0.3) is 11.3 Å². The predicted molar refractivity (Wildman–Crippen MR) is 86.2 cm³/mol. The van der Waals surface area contributed by atoms with Gasteiger partial charge in [-0.25, -0.2) is 4.98 Å². The molecule has 1 saturated heterocycles. The first-order valence-corrected chi connectivity index (χ1v) is 7.73. The van der Waals surface area contributed by atoms with E-state index in [1.165, 1.54) is 25.9 Å². The molecule has 22 heavy (non-hydrogen) atoms. The fraction of sp³-hybridized carbons (Fsp3) is 0.389. The van der Waals surface area contributed by atoms with Gasteiger partial charge < -0.3 is 9.47 Å². The minimum Gasteiger partial charge on any atom is -0.496 e. The summed E-state index contributed by atoms with van der Waals surface area (Å²) >= 11 is 0. The first kappa shape index (κ1) is 14.9. The highest BCUT2D eigenvalue weighted by Gasteiger charge is 2.12. The van der Waals surface area contributed by atoms with Crippen LogP contribution < -0.4 is 9.47 Å². The van der Waals surface area contributed by atoms with Crippen LogP contribution in [0.3, 0.4) is 0 Å². The van der Waals surface area contributed by atoms with E-state index in [1.807, 2.05) is 30.3 Å². The van der Waals surface area contributed by atoms with Gasteiger partial charge in [0.2, 0.25) is 0 Å². The van der Waals surface area contributed by atoms with Crippen molar-refractivity contribution in [3.05, 3.63) is 42.6 Å². The first-order chi connectivity index (χ1) is 10.9. The number of aromatic nitrogens is 1. The van der Waals surface area contributed by atoms with Crippen LogP contribution in [0.1, 0.15) is 12.8 Å². The third-order valence-corrected chi connectivity index (χ3v) is 3.93. The number of benzene rings is 1. The molecule has 0 N–H and O–H groups in total. The van der Waals surface area contributed by atoms with E-state index in [-0.39, 0.29) is 0 Å². The van der Waals surface area contributed by atoms with Crippen molar-refractivity contribution < 1.29 is 9.47 Å². The van der Waals surface area contributed by atoms with E-state index in [9.17, 15) is 0 Å². The largest absolute Gasteiger partial charge is 0.496 e. The zero-order chi connectivity index (χ0) is 15.2. The fourth-order valence-corrected chi connectivity index (χ4v) is 2.75. The Kier molecular flexibility index (Phi) is 4.91. The Morgan fingerprint density at radius 3 is 2.82 bits per heavy atom. The zero-order valence-electron chi connectivity index (χ0n) is 12.9. The Labute approximate surface area is 131 Å². The summed E-state index contributed by atoms with van der Waals surface area (Å²) in [6.07, 6.45) is 5.47. The topological polar surface area (TPSA) is 34.6 Å². The summed E-state index contributed by atoms with van der Waals surface area (Å²) in [7, 11) is 1.67. The van der Waals surface area contributed by atoms with Gasteiger partial charge >= 0.3 is 0 Å². The molecule has 1 aromatic carbocycles. The first-order valence-electron chi connectivity index (χ1n) is 7.73. The molecule has 1 aliphatic heterocycles. The van der Waals surface area contributed by atoms with Crippen molar-refractivity contribution in [2.45, 2.75) is 12.8 Å². The maximum absolute atomic E-state index is 5.85. The third kappa shape index (κ3) is 3.57. The van der Waals surface area contributed by atoms with Crippen LogP contribution in [-0.4, -0.2) is 43.2 Å². The maximum Gasteiger partial charge on any atom is 0.131 e. The van der Waals surface area contributed by atoms with Crippen molar-refractivity contribution >= 4 is 0 Å². The summed E-state index contributed by atoms with van der Waals surface area (Å²) in [4.78, 5) is 6.69. The summed E-state index contributed by atoms with van der Waals surface area (Å²) < 4.78 is 11.3. The molecule has 1 radical (unpaired) electrons. The van der Waals surface area contributed by atoms with Gasteiger partial charge in [0.25, 0.3) is 0 Å². The van der Waals surface area contributed by atoms with Crippen molar-refractivity contribution in [1.82, 2.24) is 9.88 Å². The average molecular weight is 297 g/mol. The number of rotatable bonds is 6. The van der Waals surface area contributed by atoms with Gasteiger partial charge in [-0.05, 0) is 50.2 Å². The van der Waals surface area contributed by atoms with Crippen LogP contribution in [-0.2, 0) is 0 Å². The number of nitrogens with zero attached hydrogens (tertiary/aromatic N) is 2. The summed E-state index contributed by atoms with van der Waals surface area (Å²) in [5, 5.41) is 0. The van der Waals surface area contributed by atoms with E-state index in [2.05, 4.69) is 16.1 Å². The summed E-state index contributed by atoms with van der Waals surface area (Å²) in [6, 6.07) is 11.5. The van der Waals surface area contributed by atoms with Gasteiger partial charge in [0.15, 0.2) is 0 Å². The van der Waals surface area contributed by atoms with Crippen LogP contribution in [0.15, 0.2) is 36.4 Å². The standard InChI is InChI=1S/C18H21N2O2/c1-21-18-14-15(22-13-12-20-10-4-5-11-20)7-8-16(18)17-6-2-3-9-19-17/h2-3,6-8,14H,4-5,10-13H2,1H3. The summed E-state index contributed by atoms with van der Waals surface area (Å²) in [6.45, 7) is 4.09. The molecule has 0 saturated carbocycles. The highest BCUT2D eigenvalue weighted by molar-refractivity contribution is 5.68. The van der Waals surface area contributed by atoms with Crippen molar-refractivity contribution in [2.75, 3.05) is 33.4 Å². The molecular formula is C18H21N2O2. The lowest BCUT2D eigenvalue weighted by Gasteiger charge is -2.16. The molecule has 0 atom stereocenters. The normalized spacial score (nSPS) is 15.0. The Morgan fingerprint density at radius 2 is 2.09 bits per heavy atom. The lowest BCUT2D eigenvalue weighted by atomic mass is 10.1. The highest BCUT2D eigenvalue weighted by atomic mass is 16.5. The zero-order valence-corrected chi connectivity index (χ0v) is 12.9. The van der Waals surface area contributed by atoms with Crippen LogP contribution in [0, 0.1) is 6.20 Å². The molecule has 2 heterocycles. The van der Waals surface area contributed by atoms with Gasteiger partial charge in [0, 0.05) is 18.2 Å². The second-order valence-corrected chi connectivity index (χ2v) is 5.41. The van der Waals surface area contributed by atoms with Crippen molar-refractivity contribution in [3.63, 3.8) is 0 Å². The molecular weight excluding hydrogens is 276 g/mol. The van der Waals surface area contributed by atoms with Crippen LogP contribution in [0.4, 0.5) is 0 Å². The van der Waals surface area contributed by atoms with Gasteiger partial charge in [-0.15, -0.1) is 0 Å². The number of likely N-dealkylation sites (tertiary alicyclic amines) is 1. The van der Waals surface area contributed by atoms with E-state index in [4.69, 9.17) is 9.47 Å². The van der Waals surface area contributed by atoms with E-state index in [0.29, 0.717) is 6.61 Å². The highest BCUT2D eigenvalue weighted by Crippen LogP contribution is 2.31. The number of ether oxygens (including phenoxy) is 2. The van der Waals surface area contributed by atoms with E-state index in [0.717, 1.165) is 29.3 Å². The van der Waals surface area contributed by atoms with Crippen molar-refractivity contribution in [1.29, 1.82) is 0 Å². The predicted octanol–water partition coefficient (Wildman–Crippen LogP) is 3.03. The van der Waals surface area contributed by atoms with E-state index >= 15 is 0 Å². The van der Waals surface area contributed by atoms with Gasteiger partial charge in [0.1, 0.15) is 18.1 Å². The van der Waals surface area contributed by atoms with E-state index in [1.54, 1.807) is 13.2 Å². The molecule has 0 bridgehead atoms. The molecule has 115 valence electrons. The lowest BCUT2D eigenvalue weighted by molar-refractivity contribution is 0.237. The SMILES string of the molecule is COc1cc(OCCN2CCCC2)ccc1-c1ccc[c]n1. The summed E-state index contributed by atoms with van der Waals surface area (Å²) in [5.74, 6) is 1.60. The van der Waals surface area contributed by atoms with Crippen molar-refractivity contribution in [2.24, 2.45) is 0 Å². The fourth-order valence-electron chi connectivity index (χ4n) is 2.75. The van der Waals surface area contributed by atoms with Gasteiger partial charge in [0.05, 0.1) is 19.0 Å². The number of methoxy groups -OCH3 is 1. The molecule has 0 unspecified atom stereocenters. The molecule has 0 amide bonds. The minimum absolute atomic E-state index is 0.708. The smallest absolute Gasteiger partial charge is 0.131 e. The van der Waals surface area contributed by atoms with Crippen LogP contribution >= 0.6 is 0 Å². The van der Waals surface area contributed by atoms with Crippen LogP contribution in [0.5, 0.6) is 11.5 Å². The second kappa shape index (κ2) is 7.27. The minimum atomic E-state index is 0.708. The third-order valence-electron chi connectivity index (χ3n) is 3.93. The molecule has 2 aromatic rings. The Bertz CT molecular complexity index is 595. The summed E-state index contributed by atoms with van der Waals surface area (Å²) in [5.41, 5.74) is 1.80. The molecule has 1 fully saturated rings. The lowest BCUT2D eigenvalue weighted by Crippen LogP contribution is -2.25. The number of hydrogen-bond donors (Lipinski definition) is 0. The Morgan fingerprint density at radius 1 is 1.23 bits per heavy atom. The molecule has 0 aliphatic carbocycles. The number of pyridine rings is 1. The maximum atomic E-state index is 5.85. The van der Waals surface area contributed by atoms with Gasteiger partial charge in [-0.1, -0.05) is 6.07 Å². The molecule has 0 spiro atoms. The average Bonchev–Trinajstić information content (AvgIpc) is 3.09. The molecule has 1 aliphatic rings. The second-order valence-electron chi connectivity index (χ2n) is 5.41.